The fraction of sp³-hybridized carbons (Fsp3) is 0.625. The van der Waals surface area contributed by atoms with Crippen LogP contribution in [0.25, 0.3) is 0 Å². The summed E-state index contributed by atoms with van der Waals surface area (Å²) < 4.78 is 0. The summed E-state index contributed by atoms with van der Waals surface area (Å²) in [5.41, 5.74) is 1.27. The van der Waals surface area contributed by atoms with Crippen molar-refractivity contribution < 1.29 is 4.79 Å². The third kappa shape index (κ3) is 4.79. The van der Waals surface area contributed by atoms with E-state index in [0.29, 0.717) is 18.6 Å². The Bertz CT molecular complexity index is 441. The fourth-order valence-corrected chi connectivity index (χ4v) is 2.69. The minimum Gasteiger partial charge on any atom is -0.348 e. The van der Waals surface area contributed by atoms with E-state index in [0.717, 1.165) is 25.9 Å². The second-order valence-corrected chi connectivity index (χ2v) is 6.01. The van der Waals surface area contributed by atoms with Crippen molar-refractivity contribution >= 4 is 5.91 Å². The number of pyridine rings is 1. The molecule has 0 spiro atoms. The Labute approximate surface area is 127 Å². The first kappa shape index (κ1) is 15.9. The summed E-state index contributed by atoms with van der Waals surface area (Å²) in [7, 11) is 3.63. The molecule has 5 heteroatoms. The predicted octanol–water partition coefficient (Wildman–Crippen LogP) is 1.28. The van der Waals surface area contributed by atoms with Crippen molar-refractivity contribution in [2.75, 3.05) is 33.7 Å². The van der Waals surface area contributed by atoms with Gasteiger partial charge in [-0.2, -0.15) is 0 Å². The molecular formula is C16H26N4O. The highest BCUT2D eigenvalue weighted by molar-refractivity contribution is 5.77. The number of aromatic nitrogens is 1. The molecule has 0 aliphatic carbocycles. The van der Waals surface area contributed by atoms with E-state index in [4.69, 9.17) is 0 Å². The summed E-state index contributed by atoms with van der Waals surface area (Å²) in [4.78, 5) is 19.7. The topological polar surface area (TPSA) is 48.5 Å². The van der Waals surface area contributed by atoms with E-state index in [1.165, 1.54) is 5.56 Å². The third-order valence-corrected chi connectivity index (χ3v) is 4.14. The van der Waals surface area contributed by atoms with Gasteiger partial charge in [0.05, 0.1) is 6.54 Å². The Morgan fingerprint density at radius 1 is 1.38 bits per heavy atom. The van der Waals surface area contributed by atoms with Crippen LogP contribution in [0.2, 0.25) is 0 Å². The number of piperidine rings is 1. The molecule has 1 aliphatic rings. The lowest BCUT2D eigenvalue weighted by molar-refractivity contribution is -0.130. The van der Waals surface area contributed by atoms with Crippen LogP contribution in [0.4, 0.5) is 0 Å². The number of likely N-dealkylation sites (tertiary alicyclic amines) is 1. The number of nitrogens with zero attached hydrogens (tertiary/aromatic N) is 3. The van der Waals surface area contributed by atoms with Crippen LogP contribution in [0.1, 0.15) is 31.4 Å². The van der Waals surface area contributed by atoms with E-state index < -0.39 is 0 Å². The maximum atomic E-state index is 11.7. The lowest BCUT2D eigenvalue weighted by Gasteiger charge is -2.34. The Morgan fingerprint density at radius 3 is 2.57 bits per heavy atom. The number of amides is 1. The maximum Gasteiger partial charge on any atom is 0.236 e. The van der Waals surface area contributed by atoms with Gasteiger partial charge in [0.25, 0.3) is 0 Å². The Morgan fingerprint density at radius 2 is 2.00 bits per heavy atom. The standard InChI is InChI=1S/C16H26N4O/c1-13(14-4-8-17-9-5-14)18-15-6-10-20(11-7-15)12-16(21)19(2)3/h4-5,8-9,13,15,18H,6-7,10-12H2,1-3H3/t13-/m1/s1. The van der Waals surface area contributed by atoms with Crippen LogP contribution in [-0.2, 0) is 4.79 Å². The van der Waals surface area contributed by atoms with Crippen LogP contribution >= 0.6 is 0 Å². The molecule has 1 saturated heterocycles. The average Bonchev–Trinajstić information content (AvgIpc) is 2.50. The molecule has 2 rings (SSSR count). The fourth-order valence-electron chi connectivity index (χ4n) is 2.69. The molecule has 1 N–H and O–H groups in total. The van der Waals surface area contributed by atoms with Crippen LogP contribution in [0.3, 0.4) is 0 Å². The summed E-state index contributed by atoms with van der Waals surface area (Å²) >= 11 is 0. The second kappa shape index (κ2) is 7.52. The number of carbonyl (C=O) groups excluding carboxylic acids is 1. The van der Waals surface area contributed by atoms with Gasteiger partial charge in [0.1, 0.15) is 0 Å². The van der Waals surface area contributed by atoms with E-state index in [1.54, 1.807) is 4.90 Å². The quantitative estimate of drug-likeness (QED) is 0.887. The lowest BCUT2D eigenvalue weighted by atomic mass is 10.0. The molecule has 1 aliphatic heterocycles. The predicted molar refractivity (Wildman–Crippen MR) is 83.9 cm³/mol. The van der Waals surface area contributed by atoms with Crippen molar-refractivity contribution in [3.05, 3.63) is 30.1 Å². The molecule has 0 aromatic carbocycles. The van der Waals surface area contributed by atoms with Gasteiger partial charge < -0.3 is 10.2 Å². The van der Waals surface area contributed by atoms with Crippen molar-refractivity contribution in [2.45, 2.75) is 31.8 Å². The third-order valence-electron chi connectivity index (χ3n) is 4.14. The molecule has 1 amide bonds. The van der Waals surface area contributed by atoms with Crippen LogP contribution in [0.15, 0.2) is 24.5 Å². The summed E-state index contributed by atoms with van der Waals surface area (Å²) in [5.74, 6) is 0.187. The van der Waals surface area contributed by atoms with Crippen molar-refractivity contribution in [1.82, 2.24) is 20.1 Å². The first-order chi connectivity index (χ1) is 10.1. The summed E-state index contributed by atoms with van der Waals surface area (Å²) in [5, 5.41) is 3.68. The van der Waals surface area contributed by atoms with E-state index in [1.807, 2.05) is 26.5 Å². The molecule has 5 nitrogen and oxygen atoms in total. The van der Waals surface area contributed by atoms with Crippen molar-refractivity contribution in [2.24, 2.45) is 0 Å². The molecule has 0 radical (unpaired) electrons. The van der Waals surface area contributed by atoms with Gasteiger partial charge in [0.2, 0.25) is 5.91 Å². The van der Waals surface area contributed by atoms with Crippen LogP contribution < -0.4 is 5.32 Å². The first-order valence-corrected chi connectivity index (χ1v) is 7.64. The molecule has 2 heterocycles. The normalized spacial score (nSPS) is 18.4. The lowest BCUT2D eigenvalue weighted by Crippen LogP contribution is -2.46. The zero-order chi connectivity index (χ0) is 15.2. The molecule has 116 valence electrons. The molecule has 1 aromatic rings. The van der Waals surface area contributed by atoms with Gasteiger partial charge in [-0.25, -0.2) is 0 Å². The van der Waals surface area contributed by atoms with Crippen molar-refractivity contribution in [3.63, 3.8) is 0 Å². The largest absolute Gasteiger partial charge is 0.348 e. The maximum absolute atomic E-state index is 11.7. The van der Waals surface area contributed by atoms with Gasteiger partial charge in [-0.1, -0.05) is 0 Å². The minimum absolute atomic E-state index is 0.187. The molecule has 0 saturated carbocycles. The summed E-state index contributed by atoms with van der Waals surface area (Å²) in [6, 6.07) is 4.98. The highest BCUT2D eigenvalue weighted by Gasteiger charge is 2.22. The van der Waals surface area contributed by atoms with E-state index >= 15 is 0 Å². The number of hydrogen-bond acceptors (Lipinski definition) is 4. The monoisotopic (exact) mass is 290 g/mol. The smallest absolute Gasteiger partial charge is 0.236 e. The van der Waals surface area contributed by atoms with Crippen molar-refractivity contribution in [3.8, 4) is 0 Å². The molecular weight excluding hydrogens is 264 g/mol. The highest BCUT2D eigenvalue weighted by Crippen LogP contribution is 2.16. The number of hydrogen-bond donors (Lipinski definition) is 1. The Balaban J connectivity index is 1.75. The van der Waals surface area contributed by atoms with E-state index in [2.05, 4.69) is 34.3 Å². The number of likely N-dealkylation sites (N-methyl/N-ethyl adjacent to an activating group) is 1. The summed E-state index contributed by atoms with van der Waals surface area (Å²) in [6.45, 7) is 4.71. The number of carbonyl (C=O) groups is 1. The van der Waals surface area contributed by atoms with E-state index in [-0.39, 0.29) is 5.91 Å². The molecule has 1 atom stereocenters. The molecule has 21 heavy (non-hydrogen) atoms. The molecule has 0 unspecified atom stereocenters. The highest BCUT2D eigenvalue weighted by atomic mass is 16.2. The van der Waals surface area contributed by atoms with Gasteiger partial charge in [-0.05, 0) is 37.5 Å². The zero-order valence-electron chi connectivity index (χ0n) is 13.2. The van der Waals surface area contributed by atoms with Gasteiger partial charge >= 0.3 is 0 Å². The van der Waals surface area contributed by atoms with Crippen LogP contribution in [0, 0.1) is 0 Å². The Hall–Kier alpha value is -1.46. The van der Waals surface area contributed by atoms with Gasteiger partial charge in [0, 0.05) is 51.7 Å². The van der Waals surface area contributed by atoms with Crippen molar-refractivity contribution in [1.29, 1.82) is 0 Å². The zero-order valence-corrected chi connectivity index (χ0v) is 13.2. The first-order valence-electron chi connectivity index (χ1n) is 7.64. The average molecular weight is 290 g/mol. The molecule has 0 bridgehead atoms. The van der Waals surface area contributed by atoms with Crippen LogP contribution in [0.5, 0.6) is 0 Å². The van der Waals surface area contributed by atoms with Gasteiger partial charge in [-0.3, -0.25) is 14.7 Å². The SMILES string of the molecule is C[C@@H](NC1CCN(CC(=O)N(C)C)CC1)c1ccncc1. The Kier molecular flexibility index (Phi) is 5.70. The molecule has 1 fully saturated rings. The van der Waals surface area contributed by atoms with Gasteiger partial charge in [-0.15, -0.1) is 0 Å². The summed E-state index contributed by atoms with van der Waals surface area (Å²) in [6.07, 6.45) is 5.86. The van der Waals surface area contributed by atoms with E-state index in [9.17, 15) is 4.79 Å². The van der Waals surface area contributed by atoms with Gasteiger partial charge in [0.15, 0.2) is 0 Å². The van der Waals surface area contributed by atoms with Crippen LogP contribution in [-0.4, -0.2) is 60.5 Å². The second-order valence-electron chi connectivity index (χ2n) is 6.01. The molecule has 1 aromatic heterocycles. The minimum atomic E-state index is 0.187. The number of nitrogens with one attached hydrogen (secondary N) is 1. The number of rotatable bonds is 5.